The lowest BCUT2D eigenvalue weighted by atomic mass is 10.1. The Morgan fingerprint density at radius 3 is 2.53 bits per heavy atom. The summed E-state index contributed by atoms with van der Waals surface area (Å²) >= 11 is 0. The average Bonchev–Trinajstić information content (AvgIpc) is 2.30. The lowest BCUT2D eigenvalue weighted by Gasteiger charge is -2.07. The molecule has 6 heteroatoms. The Morgan fingerprint density at radius 1 is 1.41 bits per heavy atom. The maximum Gasteiger partial charge on any atom is 0.227 e. The fourth-order valence-corrected chi connectivity index (χ4v) is 1.99. The van der Waals surface area contributed by atoms with Gasteiger partial charge in [0.05, 0.1) is 6.07 Å². The van der Waals surface area contributed by atoms with Crippen molar-refractivity contribution in [3.63, 3.8) is 0 Å². The van der Waals surface area contributed by atoms with Gasteiger partial charge in [-0.15, -0.1) is 0 Å². The molecule has 17 heavy (non-hydrogen) atoms. The van der Waals surface area contributed by atoms with Gasteiger partial charge in [0.2, 0.25) is 10.0 Å². The molecule has 0 aromatic heterocycles. The summed E-state index contributed by atoms with van der Waals surface area (Å²) in [6.45, 7) is 1.63. The van der Waals surface area contributed by atoms with Gasteiger partial charge < -0.3 is 5.73 Å². The van der Waals surface area contributed by atoms with Crippen molar-refractivity contribution in [2.75, 3.05) is 12.3 Å². The summed E-state index contributed by atoms with van der Waals surface area (Å²) in [6, 6.07) is 8.91. The number of anilines is 1. The third-order valence-corrected chi connectivity index (χ3v) is 3.99. The highest BCUT2D eigenvalue weighted by Gasteiger charge is 2.18. The van der Waals surface area contributed by atoms with Gasteiger partial charge >= 0.3 is 0 Å². The van der Waals surface area contributed by atoms with E-state index in [4.69, 9.17) is 11.0 Å². The first-order valence-corrected chi connectivity index (χ1v) is 6.73. The summed E-state index contributed by atoms with van der Waals surface area (Å²) in [4.78, 5) is 0. The Kier molecular flexibility index (Phi) is 4.49. The predicted molar refractivity (Wildman–Crippen MR) is 66.6 cm³/mol. The number of nitrogen functional groups attached to an aromatic ring is 1. The van der Waals surface area contributed by atoms with Gasteiger partial charge in [-0.1, -0.05) is 12.1 Å². The first kappa shape index (κ1) is 13.5. The first-order valence-electron chi connectivity index (χ1n) is 5.18. The third-order valence-electron chi connectivity index (χ3n) is 2.34. The normalized spacial score (nSPS) is 12.9. The van der Waals surface area contributed by atoms with Gasteiger partial charge in [0.25, 0.3) is 0 Å². The Balaban J connectivity index is 2.49. The summed E-state index contributed by atoms with van der Waals surface area (Å²) < 4.78 is 25.3. The lowest BCUT2D eigenvalue weighted by Crippen LogP contribution is -2.33. The number of nitrogens with one attached hydrogen (secondary N) is 1. The van der Waals surface area contributed by atoms with Crippen LogP contribution in [0, 0.1) is 11.3 Å². The van der Waals surface area contributed by atoms with E-state index in [1.54, 1.807) is 18.2 Å². The van der Waals surface area contributed by atoms with Gasteiger partial charge in [0, 0.05) is 12.2 Å². The van der Waals surface area contributed by atoms with Crippen LogP contribution in [0.4, 0.5) is 5.69 Å². The van der Waals surface area contributed by atoms with Crippen molar-refractivity contribution < 1.29 is 8.42 Å². The molecule has 3 N–H and O–H groups in total. The van der Waals surface area contributed by atoms with E-state index < -0.39 is 15.3 Å². The van der Waals surface area contributed by atoms with Crippen LogP contribution in [0.15, 0.2) is 24.3 Å². The van der Waals surface area contributed by atoms with E-state index in [-0.39, 0.29) is 6.54 Å². The second-order valence-corrected chi connectivity index (χ2v) is 5.79. The predicted octanol–water partition coefficient (Wildman–Crippen LogP) is 0.643. The van der Waals surface area contributed by atoms with Crippen LogP contribution in [0.2, 0.25) is 0 Å². The molecule has 1 unspecified atom stereocenters. The molecule has 0 radical (unpaired) electrons. The number of nitrogens with two attached hydrogens (primary N) is 1. The number of rotatable bonds is 5. The number of benzene rings is 1. The molecule has 1 aromatic rings. The van der Waals surface area contributed by atoms with Crippen molar-refractivity contribution in [3.05, 3.63) is 29.8 Å². The Hall–Kier alpha value is -1.58. The van der Waals surface area contributed by atoms with E-state index in [9.17, 15) is 8.42 Å². The lowest BCUT2D eigenvalue weighted by molar-refractivity contribution is 0.577. The highest BCUT2D eigenvalue weighted by atomic mass is 32.2. The summed E-state index contributed by atoms with van der Waals surface area (Å²) in [5, 5.41) is 7.50. The highest BCUT2D eigenvalue weighted by Crippen LogP contribution is 2.06. The number of hydrogen-bond acceptors (Lipinski definition) is 4. The molecule has 0 amide bonds. The van der Waals surface area contributed by atoms with E-state index >= 15 is 0 Å². The molecule has 1 aromatic carbocycles. The summed E-state index contributed by atoms with van der Waals surface area (Å²) in [6.07, 6.45) is 0.567. The van der Waals surface area contributed by atoms with Crippen LogP contribution in [-0.4, -0.2) is 20.2 Å². The Labute approximate surface area is 101 Å². The second kappa shape index (κ2) is 5.66. The van der Waals surface area contributed by atoms with Crippen molar-refractivity contribution in [2.45, 2.75) is 18.6 Å². The van der Waals surface area contributed by atoms with Gasteiger partial charge in [-0.25, -0.2) is 13.1 Å². The van der Waals surface area contributed by atoms with Crippen LogP contribution in [0.25, 0.3) is 0 Å². The smallest absolute Gasteiger partial charge is 0.227 e. The molecule has 0 heterocycles. The van der Waals surface area contributed by atoms with Crippen molar-refractivity contribution in [3.8, 4) is 6.07 Å². The molecule has 0 spiro atoms. The van der Waals surface area contributed by atoms with Crippen molar-refractivity contribution >= 4 is 15.7 Å². The van der Waals surface area contributed by atoms with E-state index in [1.807, 2.05) is 12.1 Å². The largest absolute Gasteiger partial charge is 0.399 e. The topological polar surface area (TPSA) is 96.0 Å². The van der Waals surface area contributed by atoms with Gasteiger partial charge in [-0.2, -0.15) is 5.26 Å². The number of hydrogen-bond donors (Lipinski definition) is 2. The third kappa shape index (κ3) is 4.06. The fourth-order valence-electron chi connectivity index (χ4n) is 1.22. The van der Waals surface area contributed by atoms with Gasteiger partial charge in [0.15, 0.2) is 5.25 Å². The van der Waals surface area contributed by atoms with Crippen molar-refractivity contribution in [2.24, 2.45) is 0 Å². The summed E-state index contributed by atoms with van der Waals surface area (Å²) in [7, 11) is -3.52. The first-order chi connectivity index (χ1) is 7.95. The zero-order chi connectivity index (χ0) is 12.9. The van der Waals surface area contributed by atoms with E-state index in [1.165, 1.54) is 6.92 Å². The maximum absolute atomic E-state index is 11.5. The van der Waals surface area contributed by atoms with Gasteiger partial charge in [-0.3, -0.25) is 0 Å². The molecular weight excluding hydrogens is 238 g/mol. The molecule has 0 saturated heterocycles. The van der Waals surface area contributed by atoms with Gasteiger partial charge in [0.1, 0.15) is 0 Å². The molecule has 0 aliphatic rings. The number of nitrogens with zero attached hydrogens (tertiary/aromatic N) is 1. The van der Waals surface area contributed by atoms with Crippen LogP contribution >= 0.6 is 0 Å². The minimum absolute atomic E-state index is 0.276. The monoisotopic (exact) mass is 253 g/mol. The molecule has 92 valence electrons. The van der Waals surface area contributed by atoms with Crippen LogP contribution < -0.4 is 10.5 Å². The Bertz CT molecular complexity index is 503. The molecule has 0 fully saturated rings. The zero-order valence-electron chi connectivity index (χ0n) is 9.55. The van der Waals surface area contributed by atoms with Gasteiger partial charge in [-0.05, 0) is 31.0 Å². The quantitative estimate of drug-likeness (QED) is 0.753. The molecule has 5 nitrogen and oxygen atoms in total. The highest BCUT2D eigenvalue weighted by molar-refractivity contribution is 7.90. The van der Waals surface area contributed by atoms with Crippen molar-refractivity contribution in [1.29, 1.82) is 5.26 Å². The molecule has 1 rings (SSSR count). The van der Waals surface area contributed by atoms with Crippen LogP contribution in [-0.2, 0) is 16.4 Å². The molecule has 0 bridgehead atoms. The minimum atomic E-state index is -3.52. The second-order valence-electron chi connectivity index (χ2n) is 3.70. The SMILES string of the molecule is CC(C#N)S(=O)(=O)NCCc1ccc(N)cc1. The Morgan fingerprint density at radius 2 is 2.00 bits per heavy atom. The molecular formula is C11H15N3O2S. The van der Waals surface area contributed by atoms with Crippen molar-refractivity contribution in [1.82, 2.24) is 4.72 Å². The van der Waals surface area contributed by atoms with E-state index in [0.717, 1.165) is 5.56 Å². The van der Waals surface area contributed by atoms with Crippen LogP contribution in [0.5, 0.6) is 0 Å². The standard InChI is InChI=1S/C11H15N3O2S/c1-9(8-12)17(15,16)14-7-6-10-2-4-11(13)5-3-10/h2-5,9,14H,6-7,13H2,1H3. The summed E-state index contributed by atoms with van der Waals surface area (Å²) in [5.74, 6) is 0. The molecule has 0 aliphatic carbocycles. The number of sulfonamides is 1. The molecule has 1 atom stereocenters. The average molecular weight is 253 g/mol. The molecule has 0 saturated carbocycles. The zero-order valence-corrected chi connectivity index (χ0v) is 10.4. The maximum atomic E-state index is 11.5. The van der Waals surface area contributed by atoms with Crippen LogP contribution in [0.3, 0.4) is 0 Å². The van der Waals surface area contributed by atoms with Crippen LogP contribution in [0.1, 0.15) is 12.5 Å². The molecule has 0 aliphatic heterocycles. The number of nitriles is 1. The summed E-state index contributed by atoms with van der Waals surface area (Å²) in [5.41, 5.74) is 7.20. The van der Waals surface area contributed by atoms with E-state index in [0.29, 0.717) is 12.1 Å². The van der Waals surface area contributed by atoms with E-state index in [2.05, 4.69) is 4.72 Å². The fraction of sp³-hybridized carbons (Fsp3) is 0.364. The minimum Gasteiger partial charge on any atom is -0.399 e.